The van der Waals surface area contributed by atoms with Gasteiger partial charge in [0.1, 0.15) is 4.32 Å². The van der Waals surface area contributed by atoms with Gasteiger partial charge >= 0.3 is 0 Å². The number of amides is 1. The number of anilines is 1. The molecule has 0 aliphatic carbocycles. The Morgan fingerprint density at radius 3 is 2.82 bits per heavy atom. The molecule has 0 fully saturated rings. The highest BCUT2D eigenvalue weighted by atomic mass is 35.5. The molecule has 1 amide bonds. The van der Waals surface area contributed by atoms with Crippen molar-refractivity contribution in [3.05, 3.63) is 29.3 Å². The fourth-order valence-electron chi connectivity index (χ4n) is 1.02. The van der Waals surface area contributed by atoms with Crippen LogP contribution in [0.15, 0.2) is 24.3 Å². The SMILES string of the molecule is CN(C)C(=S)SCC(=O)Nc1cccc(Cl)c1. The summed E-state index contributed by atoms with van der Waals surface area (Å²) < 4.78 is 0.686. The minimum atomic E-state index is -0.0959. The van der Waals surface area contributed by atoms with Gasteiger partial charge < -0.3 is 10.2 Å². The molecule has 1 aromatic rings. The third-order valence-electron chi connectivity index (χ3n) is 1.80. The number of carbonyl (C=O) groups is 1. The van der Waals surface area contributed by atoms with Crippen LogP contribution in [0.3, 0.4) is 0 Å². The van der Waals surface area contributed by atoms with Gasteiger partial charge in [0.2, 0.25) is 5.91 Å². The molecule has 0 heterocycles. The standard InChI is InChI=1S/C11H13ClN2OS2/c1-14(2)11(16)17-7-10(15)13-9-5-3-4-8(12)6-9/h3-6H,7H2,1-2H3,(H,13,15). The first-order valence-electron chi connectivity index (χ1n) is 4.88. The molecule has 0 atom stereocenters. The first kappa shape index (κ1) is 14.3. The Morgan fingerprint density at radius 2 is 2.24 bits per heavy atom. The van der Waals surface area contributed by atoms with Gasteiger partial charge in [0.25, 0.3) is 0 Å². The molecule has 1 rings (SSSR count). The van der Waals surface area contributed by atoms with Gasteiger partial charge in [-0.15, -0.1) is 0 Å². The fraction of sp³-hybridized carbons (Fsp3) is 0.273. The van der Waals surface area contributed by atoms with E-state index in [2.05, 4.69) is 5.32 Å². The van der Waals surface area contributed by atoms with Crippen LogP contribution < -0.4 is 5.32 Å². The summed E-state index contributed by atoms with van der Waals surface area (Å²) in [7, 11) is 3.70. The van der Waals surface area contributed by atoms with Gasteiger partial charge in [0.05, 0.1) is 5.75 Å². The molecule has 0 saturated carbocycles. The van der Waals surface area contributed by atoms with Crippen LogP contribution in [-0.2, 0) is 4.79 Å². The van der Waals surface area contributed by atoms with Gasteiger partial charge in [-0.25, -0.2) is 0 Å². The molecule has 0 aromatic heterocycles. The monoisotopic (exact) mass is 288 g/mol. The summed E-state index contributed by atoms with van der Waals surface area (Å²) in [6.45, 7) is 0. The smallest absolute Gasteiger partial charge is 0.234 e. The Hall–Kier alpha value is -0.780. The van der Waals surface area contributed by atoms with E-state index in [1.165, 1.54) is 11.8 Å². The van der Waals surface area contributed by atoms with E-state index in [9.17, 15) is 4.79 Å². The average molecular weight is 289 g/mol. The van der Waals surface area contributed by atoms with Crippen molar-refractivity contribution >= 4 is 51.5 Å². The predicted molar refractivity (Wildman–Crippen MR) is 78.8 cm³/mol. The first-order valence-corrected chi connectivity index (χ1v) is 6.65. The first-order chi connectivity index (χ1) is 7.99. The molecule has 0 spiro atoms. The predicted octanol–water partition coefficient (Wildman–Crippen LogP) is 2.86. The van der Waals surface area contributed by atoms with E-state index in [1.807, 2.05) is 14.1 Å². The summed E-state index contributed by atoms with van der Waals surface area (Å²) >= 11 is 12.2. The number of benzene rings is 1. The molecule has 0 unspecified atom stereocenters. The van der Waals surface area contributed by atoms with Gasteiger partial charge in [-0.3, -0.25) is 4.79 Å². The van der Waals surface area contributed by atoms with Gasteiger partial charge in [0, 0.05) is 24.8 Å². The maximum atomic E-state index is 11.6. The number of thioether (sulfide) groups is 1. The zero-order chi connectivity index (χ0) is 12.8. The van der Waals surface area contributed by atoms with E-state index >= 15 is 0 Å². The van der Waals surface area contributed by atoms with Crippen molar-refractivity contribution in [2.45, 2.75) is 0 Å². The average Bonchev–Trinajstić information content (AvgIpc) is 2.25. The largest absolute Gasteiger partial charge is 0.364 e. The Morgan fingerprint density at radius 1 is 1.53 bits per heavy atom. The summed E-state index contributed by atoms with van der Waals surface area (Å²) in [5, 5.41) is 3.35. The van der Waals surface area contributed by atoms with E-state index in [1.54, 1.807) is 29.2 Å². The molecular weight excluding hydrogens is 276 g/mol. The van der Waals surface area contributed by atoms with Gasteiger partial charge in [-0.1, -0.05) is 41.6 Å². The number of thiocarbonyl (C=S) groups is 1. The summed E-state index contributed by atoms with van der Waals surface area (Å²) in [6, 6.07) is 7.04. The molecule has 0 aliphatic heterocycles. The maximum Gasteiger partial charge on any atom is 0.234 e. The van der Waals surface area contributed by atoms with Crippen LogP contribution in [0.4, 0.5) is 5.69 Å². The lowest BCUT2D eigenvalue weighted by Gasteiger charge is -2.12. The summed E-state index contributed by atoms with van der Waals surface area (Å²) in [6.07, 6.45) is 0. The number of nitrogens with zero attached hydrogens (tertiary/aromatic N) is 1. The maximum absolute atomic E-state index is 11.6. The molecule has 0 aliphatic rings. The molecule has 92 valence electrons. The minimum absolute atomic E-state index is 0.0959. The number of carbonyl (C=O) groups excluding carboxylic acids is 1. The Balaban J connectivity index is 2.43. The van der Waals surface area contributed by atoms with Crippen LogP contribution in [0.1, 0.15) is 0 Å². The van der Waals surface area contributed by atoms with Crippen LogP contribution in [0.25, 0.3) is 0 Å². The zero-order valence-electron chi connectivity index (χ0n) is 9.57. The minimum Gasteiger partial charge on any atom is -0.364 e. The van der Waals surface area contributed by atoms with Crippen molar-refractivity contribution in [1.29, 1.82) is 0 Å². The summed E-state index contributed by atoms with van der Waals surface area (Å²) in [5.41, 5.74) is 0.693. The lowest BCUT2D eigenvalue weighted by atomic mass is 10.3. The topological polar surface area (TPSA) is 32.3 Å². The quantitative estimate of drug-likeness (QED) is 0.867. The van der Waals surface area contributed by atoms with Crippen molar-refractivity contribution in [3.8, 4) is 0 Å². The second-order valence-corrected chi connectivity index (χ2v) is 5.55. The lowest BCUT2D eigenvalue weighted by molar-refractivity contribution is -0.113. The number of halogens is 1. The number of rotatable bonds is 3. The van der Waals surface area contributed by atoms with E-state index < -0.39 is 0 Å². The molecule has 0 saturated heterocycles. The van der Waals surface area contributed by atoms with E-state index in [-0.39, 0.29) is 5.91 Å². The Bertz CT molecular complexity index is 424. The van der Waals surface area contributed by atoms with Crippen LogP contribution >= 0.6 is 35.6 Å². The van der Waals surface area contributed by atoms with Crippen molar-refractivity contribution in [1.82, 2.24) is 4.90 Å². The van der Waals surface area contributed by atoms with Gasteiger partial charge in [0.15, 0.2) is 0 Å². The van der Waals surface area contributed by atoms with Crippen LogP contribution in [0, 0.1) is 0 Å². The van der Waals surface area contributed by atoms with E-state index in [0.717, 1.165) is 0 Å². The number of nitrogens with one attached hydrogen (secondary N) is 1. The van der Waals surface area contributed by atoms with Crippen molar-refractivity contribution in [2.75, 3.05) is 25.2 Å². The zero-order valence-corrected chi connectivity index (χ0v) is 12.0. The summed E-state index contributed by atoms with van der Waals surface area (Å²) in [4.78, 5) is 13.4. The molecule has 3 nitrogen and oxygen atoms in total. The molecule has 0 radical (unpaired) electrons. The van der Waals surface area contributed by atoms with Crippen LogP contribution in [-0.4, -0.2) is 35.0 Å². The van der Waals surface area contributed by atoms with Crippen LogP contribution in [0.2, 0.25) is 5.02 Å². The van der Waals surface area contributed by atoms with Gasteiger partial charge in [-0.2, -0.15) is 0 Å². The highest BCUT2D eigenvalue weighted by Gasteiger charge is 2.06. The number of hydrogen-bond acceptors (Lipinski definition) is 3. The molecule has 17 heavy (non-hydrogen) atoms. The third kappa shape index (κ3) is 5.39. The normalized spacial score (nSPS) is 9.82. The highest BCUT2D eigenvalue weighted by Crippen LogP contribution is 2.15. The van der Waals surface area contributed by atoms with E-state index in [0.29, 0.717) is 20.8 Å². The van der Waals surface area contributed by atoms with E-state index in [4.69, 9.17) is 23.8 Å². The summed E-state index contributed by atoms with van der Waals surface area (Å²) in [5.74, 6) is 0.199. The van der Waals surface area contributed by atoms with Crippen molar-refractivity contribution in [3.63, 3.8) is 0 Å². The Labute approximate surface area is 116 Å². The molecular formula is C11H13ClN2OS2. The lowest BCUT2D eigenvalue weighted by Crippen LogP contribution is -2.20. The molecule has 6 heteroatoms. The highest BCUT2D eigenvalue weighted by molar-refractivity contribution is 8.23. The van der Waals surface area contributed by atoms with Crippen molar-refractivity contribution < 1.29 is 4.79 Å². The number of hydrogen-bond donors (Lipinski definition) is 1. The van der Waals surface area contributed by atoms with Crippen LogP contribution in [0.5, 0.6) is 0 Å². The third-order valence-corrected chi connectivity index (χ3v) is 3.77. The second-order valence-electron chi connectivity index (χ2n) is 3.51. The fourth-order valence-corrected chi connectivity index (χ4v) is 1.97. The van der Waals surface area contributed by atoms with Crippen molar-refractivity contribution in [2.24, 2.45) is 0 Å². The Kier molecular flexibility index (Phi) is 5.74. The van der Waals surface area contributed by atoms with Gasteiger partial charge in [-0.05, 0) is 18.2 Å². The molecule has 1 aromatic carbocycles. The second kappa shape index (κ2) is 6.83. The molecule has 1 N–H and O–H groups in total. The molecule has 0 bridgehead atoms.